The Kier molecular flexibility index (Phi) is 6.70. The van der Waals surface area contributed by atoms with Crippen molar-refractivity contribution in [3.8, 4) is 0 Å². The average molecular weight is 174 g/mol. The minimum atomic E-state index is -0.119. The van der Waals surface area contributed by atoms with Crippen molar-refractivity contribution in [3.63, 3.8) is 0 Å². The summed E-state index contributed by atoms with van der Waals surface area (Å²) in [5.74, 6) is 0.0208. The van der Waals surface area contributed by atoms with Gasteiger partial charge in [0.2, 0.25) is 5.91 Å². The zero-order valence-corrected chi connectivity index (χ0v) is 8.02. The van der Waals surface area contributed by atoms with Crippen LogP contribution < -0.4 is 10.6 Å². The van der Waals surface area contributed by atoms with E-state index in [0.717, 1.165) is 19.6 Å². The molecule has 0 saturated carbocycles. The van der Waals surface area contributed by atoms with Crippen molar-refractivity contribution in [3.05, 3.63) is 0 Å². The van der Waals surface area contributed by atoms with Crippen molar-refractivity contribution in [2.75, 3.05) is 27.3 Å². The first-order chi connectivity index (χ1) is 5.72. The topological polar surface area (TPSA) is 50.4 Å². The number of amides is 1. The zero-order chi connectivity index (χ0) is 9.40. The number of ether oxygens (including phenoxy) is 1. The molecule has 4 heteroatoms. The van der Waals surface area contributed by atoms with Crippen LogP contribution in [0, 0.1) is 0 Å². The molecular formula is C8H18N2O2. The van der Waals surface area contributed by atoms with Crippen molar-refractivity contribution in [1.82, 2.24) is 10.6 Å². The van der Waals surface area contributed by atoms with E-state index in [1.54, 1.807) is 14.2 Å². The molecule has 1 unspecified atom stereocenters. The molecule has 0 rings (SSSR count). The van der Waals surface area contributed by atoms with Crippen LogP contribution in [0.5, 0.6) is 0 Å². The van der Waals surface area contributed by atoms with Gasteiger partial charge in [0.05, 0.1) is 6.04 Å². The summed E-state index contributed by atoms with van der Waals surface area (Å²) in [6, 6.07) is -0.119. The van der Waals surface area contributed by atoms with E-state index in [1.165, 1.54) is 0 Å². The molecule has 0 aromatic rings. The van der Waals surface area contributed by atoms with Gasteiger partial charge in [-0.3, -0.25) is 4.79 Å². The van der Waals surface area contributed by atoms with Crippen LogP contribution in [-0.2, 0) is 9.53 Å². The Hall–Kier alpha value is -0.610. The molecule has 0 aliphatic rings. The van der Waals surface area contributed by atoms with Gasteiger partial charge in [-0.1, -0.05) is 0 Å². The first-order valence-electron chi connectivity index (χ1n) is 4.16. The van der Waals surface area contributed by atoms with Gasteiger partial charge in [-0.25, -0.2) is 0 Å². The predicted molar refractivity (Wildman–Crippen MR) is 48.0 cm³/mol. The van der Waals surface area contributed by atoms with Gasteiger partial charge in [0, 0.05) is 20.8 Å². The number of hydrogen-bond acceptors (Lipinski definition) is 3. The number of hydrogen-bond donors (Lipinski definition) is 2. The maximum atomic E-state index is 11.0. The van der Waals surface area contributed by atoms with Crippen LogP contribution >= 0.6 is 0 Å². The van der Waals surface area contributed by atoms with Gasteiger partial charge in [-0.15, -0.1) is 0 Å². The Morgan fingerprint density at radius 3 is 2.75 bits per heavy atom. The van der Waals surface area contributed by atoms with E-state index in [9.17, 15) is 4.79 Å². The van der Waals surface area contributed by atoms with E-state index < -0.39 is 0 Å². The summed E-state index contributed by atoms with van der Waals surface area (Å²) in [6.45, 7) is 3.38. The molecule has 0 heterocycles. The lowest BCUT2D eigenvalue weighted by molar-refractivity contribution is -0.122. The molecule has 0 aliphatic heterocycles. The molecule has 0 saturated heterocycles. The lowest BCUT2D eigenvalue weighted by Crippen LogP contribution is -2.41. The van der Waals surface area contributed by atoms with Crippen LogP contribution in [0.3, 0.4) is 0 Å². The quantitative estimate of drug-likeness (QED) is 0.546. The molecule has 0 aromatic carbocycles. The van der Waals surface area contributed by atoms with Crippen LogP contribution in [0.4, 0.5) is 0 Å². The number of methoxy groups -OCH3 is 1. The zero-order valence-electron chi connectivity index (χ0n) is 8.02. The summed E-state index contributed by atoms with van der Waals surface area (Å²) in [7, 11) is 3.30. The Bertz CT molecular complexity index is 128. The molecule has 1 amide bonds. The third-order valence-electron chi connectivity index (χ3n) is 1.62. The monoisotopic (exact) mass is 174 g/mol. The maximum Gasteiger partial charge on any atom is 0.236 e. The van der Waals surface area contributed by atoms with Crippen LogP contribution in [0.15, 0.2) is 0 Å². The van der Waals surface area contributed by atoms with Crippen molar-refractivity contribution in [2.24, 2.45) is 0 Å². The molecule has 12 heavy (non-hydrogen) atoms. The van der Waals surface area contributed by atoms with Gasteiger partial charge in [-0.2, -0.15) is 0 Å². The Balaban J connectivity index is 3.31. The number of rotatable bonds is 6. The van der Waals surface area contributed by atoms with Gasteiger partial charge >= 0.3 is 0 Å². The van der Waals surface area contributed by atoms with Crippen LogP contribution in [-0.4, -0.2) is 39.3 Å². The van der Waals surface area contributed by atoms with Crippen molar-refractivity contribution < 1.29 is 9.53 Å². The molecule has 2 N–H and O–H groups in total. The Morgan fingerprint density at radius 1 is 1.58 bits per heavy atom. The van der Waals surface area contributed by atoms with Gasteiger partial charge < -0.3 is 15.4 Å². The van der Waals surface area contributed by atoms with Crippen molar-refractivity contribution >= 4 is 5.91 Å². The fourth-order valence-corrected chi connectivity index (χ4v) is 0.844. The second kappa shape index (κ2) is 7.06. The fourth-order valence-electron chi connectivity index (χ4n) is 0.844. The summed E-state index contributed by atoms with van der Waals surface area (Å²) >= 11 is 0. The second-order valence-corrected chi connectivity index (χ2v) is 2.64. The van der Waals surface area contributed by atoms with E-state index in [4.69, 9.17) is 4.74 Å². The molecule has 0 radical (unpaired) electrons. The van der Waals surface area contributed by atoms with E-state index >= 15 is 0 Å². The lowest BCUT2D eigenvalue weighted by atomic mass is 10.3. The smallest absolute Gasteiger partial charge is 0.236 e. The average Bonchev–Trinajstić information content (AvgIpc) is 2.10. The molecule has 0 aliphatic carbocycles. The number of carbonyl (C=O) groups excluding carboxylic acids is 1. The second-order valence-electron chi connectivity index (χ2n) is 2.64. The lowest BCUT2D eigenvalue weighted by Gasteiger charge is -2.11. The molecule has 1 atom stereocenters. The van der Waals surface area contributed by atoms with Crippen LogP contribution in [0.1, 0.15) is 13.3 Å². The molecule has 0 spiro atoms. The standard InChI is InChI=1S/C8H18N2O2/c1-7(8(11)9-2)10-5-4-6-12-3/h7,10H,4-6H2,1-3H3,(H,9,11). The molecular weight excluding hydrogens is 156 g/mol. The third kappa shape index (κ3) is 5.09. The highest BCUT2D eigenvalue weighted by Crippen LogP contribution is 1.83. The van der Waals surface area contributed by atoms with E-state index in [2.05, 4.69) is 10.6 Å². The summed E-state index contributed by atoms with van der Waals surface area (Å²) in [5, 5.41) is 5.65. The highest BCUT2D eigenvalue weighted by Gasteiger charge is 2.07. The van der Waals surface area contributed by atoms with Gasteiger partial charge in [0.15, 0.2) is 0 Å². The third-order valence-corrected chi connectivity index (χ3v) is 1.62. The summed E-state index contributed by atoms with van der Waals surface area (Å²) in [5.41, 5.74) is 0. The minimum Gasteiger partial charge on any atom is -0.385 e. The normalized spacial score (nSPS) is 12.6. The Labute approximate surface area is 73.7 Å². The van der Waals surface area contributed by atoms with Crippen LogP contribution in [0.2, 0.25) is 0 Å². The SMILES string of the molecule is CNC(=O)C(C)NCCCOC. The molecule has 0 fully saturated rings. The highest BCUT2D eigenvalue weighted by atomic mass is 16.5. The number of nitrogens with one attached hydrogen (secondary N) is 2. The van der Waals surface area contributed by atoms with Crippen molar-refractivity contribution in [1.29, 1.82) is 0 Å². The first kappa shape index (κ1) is 11.4. The van der Waals surface area contributed by atoms with Crippen molar-refractivity contribution in [2.45, 2.75) is 19.4 Å². The summed E-state index contributed by atoms with van der Waals surface area (Å²) in [4.78, 5) is 11.0. The van der Waals surface area contributed by atoms with E-state index in [-0.39, 0.29) is 11.9 Å². The van der Waals surface area contributed by atoms with Crippen LogP contribution in [0.25, 0.3) is 0 Å². The predicted octanol–water partition coefficient (Wildman–Crippen LogP) is -0.253. The van der Waals surface area contributed by atoms with Gasteiger partial charge in [-0.05, 0) is 19.9 Å². The van der Waals surface area contributed by atoms with Gasteiger partial charge in [0.1, 0.15) is 0 Å². The highest BCUT2D eigenvalue weighted by molar-refractivity contribution is 5.80. The summed E-state index contributed by atoms with van der Waals surface area (Å²) < 4.78 is 4.87. The van der Waals surface area contributed by atoms with Gasteiger partial charge in [0.25, 0.3) is 0 Å². The molecule has 72 valence electrons. The largest absolute Gasteiger partial charge is 0.385 e. The molecule has 4 nitrogen and oxygen atoms in total. The summed E-state index contributed by atoms with van der Waals surface area (Å²) in [6.07, 6.45) is 0.928. The minimum absolute atomic E-state index is 0.0208. The first-order valence-corrected chi connectivity index (χ1v) is 4.16. The Morgan fingerprint density at radius 2 is 2.25 bits per heavy atom. The molecule has 0 aromatic heterocycles. The maximum absolute atomic E-state index is 11.0. The fraction of sp³-hybridized carbons (Fsp3) is 0.875. The van der Waals surface area contributed by atoms with E-state index in [1.807, 2.05) is 6.92 Å². The molecule has 0 bridgehead atoms. The van der Waals surface area contributed by atoms with E-state index in [0.29, 0.717) is 0 Å². The number of likely N-dealkylation sites (N-methyl/N-ethyl adjacent to an activating group) is 1. The number of carbonyl (C=O) groups is 1.